The first-order valence-electron chi connectivity index (χ1n) is 5.06. The Labute approximate surface area is 94.5 Å². The summed E-state index contributed by atoms with van der Waals surface area (Å²) in [6, 6.07) is 8.61. The maximum atomic E-state index is 11.2. The molecule has 4 nitrogen and oxygen atoms in total. The van der Waals surface area contributed by atoms with E-state index in [4.69, 9.17) is 5.11 Å². The number of hydrogen-bond donors (Lipinski definition) is 1. The molecule has 1 aromatic rings. The molecule has 0 unspecified atom stereocenters. The first-order valence-corrected chi connectivity index (χ1v) is 5.06. The van der Waals surface area contributed by atoms with Crippen LogP contribution in [0.1, 0.15) is 19.4 Å². The van der Waals surface area contributed by atoms with Crippen molar-refractivity contribution in [1.82, 2.24) is 4.90 Å². The lowest BCUT2D eigenvalue weighted by atomic mass is 10.1. The highest BCUT2D eigenvalue weighted by atomic mass is 16.4. The largest absolute Gasteiger partial charge is 0.465 e. The highest BCUT2D eigenvalue weighted by Crippen LogP contribution is 2.09. The van der Waals surface area contributed by atoms with E-state index in [2.05, 4.69) is 0 Å². The van der Waals surface area contributed by atoms with Gasteiger partial charge in [-0.1, -0.05) is 30.3 Å². The van der Waals surface area contributed by atoms with Gasteiger partial charge in [0.1, 0.15) is 0 Å². The summed E-state index contributed by atoms with van der Waals surface area (Å²) in [5, 5.41) is 9.03. The minimum absolute atomic E-state index is 0.154. The summed E-state index contributed by atoms with van der Waals surface area (Å²) in [7, 11) is 0. The van der Waals surface area contributed by atoms with E-state index in [9.17, 15) is 9.59 Å². The standard InChI is InChI=1S/C12H15NO3/c1-9(10(2)14)13(12(15)16)8-11-6-4-3-5-7-11/h3-7,9H,8H2,1-2H3,(H,15,16)/t9-/m1/s1. The zero-order valence-corrected chi connectivity index (χ0v) is 9.38. The molecule has 0 saturated heterocycles. The van der Waals surface area contributed by atoms with Gasteiger partial charge in [-0.05, 0) is 19.4 Å². The van der Waals surface area contributed by atoms with Gasteiger partial charge in [-0.3, -0.25) is 9.69 Å². The van der Waals surface area contributed by atoms with Crippen LogP contribution < -0.4 is 0 Å². The lowest BCUT2D eigenvalue weighted by Gasteiger charge is -2.24. The van der Waals surface area contributed by atoms with Gasteiger partial charge < -0.3 is 5.11 Å². The first-order chi connectivity index (χ1) is 7.52. The number of carboxylic acid groups (broad SMARTS) is 1. The number of amides is 1. The van der Waals surface area contributed by atoms with Gasteiger partial charge in [0, 0.05) is 6.54 Å². The quantitative estimate of drug-likeness (QED) is 0.847. The van der Waals surface area contributed by atoms with Crippen molar-refractivity contribution in [3.05, 3.63) is 35.9 Å². The molecule has 0 heterocycles. The Morgan fingerprint density at radius 1 is 1.31 bits per heavy atom. The van der Waals surface area contributed by atoms with Gasteiger partial charge in [-0.15, -0.1) is 0 Å². The second-order valence-electron chi connectivity index (χ2n) is 3.68. The van der Waals surface area contributed by atoms with E-state index < -0.39 is 12.1 Å². The highest BCUT2D eigenvalue weighted by molar-refractivity contribution is 5.84. The Kier molecular flexibility index (Phi) is 4.05. The number of hydrogen-bond acceptors (Lipinski definition) is 2. The van der Waals surface area contributed by atoms with E-state index in [1.165, 1.54) is 6.92 Å². The average molecular weight is 221 g/mol. The fourth-order valence-electron chi connectivity index (χ4n) is 1.37. The molecule has 1 amide bonds. The summed E-state index contributed by atoms with van der Waals surface area (Å²) in [4.78, 5) is 23.3. The molecule has 0 aromatic heterocycles. The van der Waals surface area contributed by atoms with E-state index in [1.54, 1.807) is 6.92 Å². The number of benzene rings is 1. The monoisotopic (exact) mass is 221 g/mol. The minimum atomic E-state index is -1.08. The van der Waals surface area contributed by atoms with E-state index in [0.29, 0.717) is 0 Å². The van der Waals surface area contributed by atoms with Crippen molar-refractivity contribution in [2.24, 2.45) is 0 Å². The number of carbonyl (C=O) groups is 2. The molecule has 0 fully saturated rings. The van der Waals surface area contributed by atoms with Crippen molar-refractivity contribution in [2.45, 2.75) is 26.4 Å². The van der Waals surface area contributed by atoms with Crippen LogP contribution in [0, 0.1) is 0 Å². The second-order valence-corrected chi connectivity index (χ2v) is 3.68. The summed E-state index contributed by atoms with van der Waals surface area (Å²) in [5.74, 6) is -0.154. The lowest BCUT2D eigenvalue weighted by Crippen LogP contribution is -2.41. The van der Waals surface area contributed by atoms with Crippen LogP contribution in [-0.4, -0.2) is 27.9 Å². The Hall–Kier alpha value is -1.84. The molecular formula is C12H15NO3. The van der Waals surface area contributed by atoms with Crippen molar-refractivity contribution in [1.29, 1.82) is 0 Å². The Morgan fingerprint density at radius 3 is 2.31 bits per heavy atom. The molecule has 1 atom stereocenters. The number of nitrogens with zero attached hydrogens (tertiary/aromatic N) is 1. The Balaban J connectivity index is 2.81. The SMILES string of the molecule is CC(=O)[C@@H](C)N(Cc1ccccc1)C(=O)O. The van der Waals surface area contributed by atoms with Gasteiger partial charge in [-0.2, -0.15) is 0 Å². The molecule has 0 aliphatic heterocycles. The van der Waals surface area contributed by atoms with Gasteiger partial charge in [0.05, 0.1) is 6.04 Å². The van der Waals surface area contributed by atoms with E-state index >= 15 is 0 Å². The van der Waals surface area contributed by atoms with Crippen molar-refractivity contribution in [3.63, 3.8) is 0 Å². The lowest BCUT2D eigenvalue weighted by molar-refractivity contribution is -0.121. The summed E-state index contributed by atoms with van der Waals surface area (Å²) < 4.78 is 0. The number of Topliss-reactive ketones (excluding diaryl/α,β-unsaturated/α-hetero) is 1. The summed E-state index contributed by atoms with van der Waals surface area (Å²) in [5.41, 5.74) is 0.873. The maximum Gasteiger partial charge on any atom is 0.408 e. The zero-order valence-electron chi connectivity index (χ0n) is 9.38. The fraction of sp³-hybridized carbons (Fsp3) is 0.333. The average Bonchev–Trinajstić information content (AvgIpc) is 2.26. The van der Waals surface area contributed by atoms with Crippen LogP contribution in [0.15, 0.2) is 30.3 Å². The first kappa shape index (κ1) is 12.2. The third-order valence-electron chi connectivity index (χ3n) is 2.50. The molecule has 0 aliphatic carbocycles. The Morgan fingerprint density at radius 2 is 1.88 bits per heavy atom. The zero-order chi connectivity index (χ0) is 12.1. The van der Waals surface area contributed by atoms with Crippen molar-refractivity contribution < 1.29 is 14.7 Å². The molecule has 1 aromatic carbocycles. The molecule has 1 N–H and O–H groups in total. The van der Waals surface area contributed by atoms with Crippen molar-refractivity contribution >= 4 is 11.9 Å². The molecule has 16 heavy (non-hydrogen) atoms. The van der Waals surface area contributed by atoms with E-state index in [1.807, 2.05) is 30.3 Å². The fourth-order valence-corrected chi connectivity index (χ4v) is 1.37. The van der Waals surface area contributed by atoms with Crippen LogP contribution in [-0.2, 0) is 11.3 Å². The molecule has 1 rings (SSSR count). The third-order valence-corrected chi connectivity index (χ3v) is 2.50. The van der Waals surface area contributed by atoms with Gasteiger partial charge in [-0.25, -0.2) is 4.79 Å². The van der Waals surface area contributed by atoms with E-state index in [0.717, 1.165) is 10.5 Å². The molecule has 86 valence electrons. The van der Waals surface area contributed by atoms with Crippen LogP contribution >= 0.6 is 0 Å². The predicted octanol–water partition coefficient (Wildman–Crippen LogP) is 2.14. The van der Waals surface area contributed by atoms with Crippen LogP contribution in [0.3, 0.4) is 0 Å². The minimum Gasteiger partial charge on any atom is -0.465 e. The molecule has 0 saturated carbocycles. The smallest absolute Gasteiger partial charge is 0.408 e. The molecule has 4 heteroatoms. The highest BCUT2D eigenvalue weighted by Gasteiger charge is 2.22. The molecule has 0 bridgehead atoms. The second kappa shape index (κ2) is 5.30. The maximum absolute atomic E-state index is 11.2. The van der Waals surface area contributed by atoms with Gasteiger partial charge in [0.25, 0.3) is 0 Å². The predicted molar refractivity (Wildman–Crippen MR) is 60.2 cm³/mol. The number of rotatable bonds is 4. The summed E-state index contributed by atoms with van der Waals surface area (Å²) in [6.45, 7) is 3.22. The molecule has 0 spiro atoms. The normalized spacial score (nSPS) is 11.9. The van der Waals surface area contributed by atoms with Gasteiger partial charge >= 0.3 is 6.09 Å². The van der Waals surface area contributed by atoms with Crippen LogP contribution in [0.5, 0.6) is 0 Å². The number of carbonyl (C=O) groups excluding carboxylic acids is 1. The van der Waals surface area contributed by atoms with Crippen LogP contribution in [0.4, 0.5) is 4.79 Å². The van der Waals surface area contributed by atoms with Crippen LogP contribution in [0.2, 0.25) is 0 Å². The van der Waals surface area contributed by atoms with Crippen molar-refractivity contribution in [2.75, 3.05) is 0 Å². The Bertz CT molecular complexity index is 375. The van der Waals surface area contributed by atoms with Crippen molar-refractivity contribution in [3.8, 4) is 0 Å². The van der Waals surface area contributed by atoms with E-state index in [-0.39, 0.29) is 12.3 Å². The molecule has 0 aliphatic rings. The third kappa shape index (κ3) is 3.08. The van der Waals surface area contributed by atoms with Gasteiger partial charge in [0.15, 0.2) is 5.78 Å². The van der Waals surface area contributed by atoms with Gasteiger partial charge in [0.2, 0.25) is 0 Å². The van der Waals surface area contributed by atoms with Crippen LogP contribution in [0.25, 0.3) is 0 Å². The summed E-state index contributed by atoms with van der Waals surface area (Å²) in [6.07, 6.45) is -1.08. The number of ketones is 1. The summed E-state index contributed by atoms with van der Waals surface area (Å²) >= 11 is 0. The molecular weight excluding hydrogens is 206 g/mol. The topological polar surface area (TPSA) is 57.6 Å². The molecule has 0 radical (unpaired) electrons.